The molecule has 2 unspecified atom stereocenters. The van der Waals surface area contributed by atoms with Crippen molar-refractivity contribution >= 4 is 0 Å². The molecule has 2 atom stereocenters. The molecule has 0 aromatic rings. The third-order valence-corrected chi connectivity index (χ3v) is 9.10. The summed E-state index contributed by atoms with van der Waals surface area (Å²) in [4.78, 5) is 0. The van der Waals surface area contributed by atoms with E-state index in [1.165, 1.54) is 180 Å². The van der Waals surface area contributed by atoms with Crippen molar-refractivity contribution in [3.8, 4) is 0 Å². The molecular formula is C38H80N2O. The highest BCUT2D eigenvalue weighted by molar-refractivity contribution is 4.62. The zero-order chi connectivity index (χ0) is 29.9. The molecule has 0 heterocycles. The van der Waals surface area contributed by atoms with Gasteiger partial charge in [-0.25, -0.2) is 0 Å². The van der Waals surface area contributed by atoms with Crippen molar-refractivity contribution in [2.75, 3.05) is 26.3 Å². The van der Waals surface area contributed by atoms with Gasteiger partial charge < -0.3 is 15.8 Å². The molecule has 3 heteroatoms. The maximum atomic E-state index is 6.17. The molecular weight excluding hydrogens is 500 g/mol. The number of hydrogen-bond acceptors (Lipinski definition) is 3. The van der Waals surface area contributed by atoms with Gasteiger partial charge in [0.1, 0.15) is 0 Å². The van der Waals surface area contributed by atoms with Crippen LogP contribution in [0.2, 0.25) is 0 Å². The first-order chi connectivity index (χ1) is 20.2. The number of nitrogens with one attached hydrogen (secondary N) is 1. The number of nitrogens with two attached hydrogens (primary N) is 1. The standard InChI is InChI=1S/C38H80N2O/c1-4-6-8-10-12-14-16-18-19-21-23-25-27-29-32-38(36-41-34-30-33-40-37(3)35-39)31-28-26-24-22-20-17-15-13-11-9-7-5-2/h37-38,40H,4-36,39H2,1-3H3. The fraction of sp³-hybridized carbons (Fsp3) is 1.00. The SMILES string of the molecule is CCCCCCCCCCCCCCCCC(CCCCCCCCCCCCCC)COCCCNC(C)CN. The van der Waals surface area contributed by atoms with E-state index in [1.807, 2.05) is 0 Å². The zero-order valence-electron chi connectivity index (χ0n) is 29.0. The Labute approximate surface area is 260 Å². The molecule has 0 spiro atoms. The van der Waals surface area contributed by atoms with E-state index >= 15 is 0 Å². The van der Waals surface area contributed by atoms with E-state index in [9.17, 15) is 0 Å². The highest BCUT2D eigenvalue weighted by Gasteiger charge is 2.09. The van der Waals surface area contributed by atoms with Gasteiger partial charge in [0.15, 0.2) is 0 Å². The van der Waals surface area contributed by atoms with Crippen molar-refractivity contribution < 1.29 is 4.74 Å². The van der Waals surface area contributed by atoms with Crippen LogP contribution in [0.1, 0.15) is 207 Å². The Morgan fingerprint density at radius 3 is 1.17 bits per heavy atom. The summed E-state index contributed by atoms with van der Waals surface area (Å²) in [5.74, 6) is 0.770. The maximum Gasteiger partial charge on any atom is 0.0494 e. The second kappa shape index (κ2) is 36.1. The van der Waals surface area contributed by atoms with Crippen molar-refractivity contribution in [2.45, 2.75) is 213 Å². The molecule has 0 saturated carbocycles. The molecule has 0 rings (SSSR count). The summed E-state index contributed by atoms with van der Waals surface area (Å²) in [5.41, 5.74) is 5.70. The van der Waals surface area contributed by atoms with Gasteiger partial charge in [0.05, 0.1) is 0 Å². The third-order valence-electron chi connectivity index (χ3n) is 9.10. The topological polar surface area (TPSA) is 47.3 Å². The average molecular weight is 581 g/mol. The van der Waals surface area contributed by atoms with E-state index in [1.54, 1.807) is 0 Å². The molecule has 0 aliphatic heterocycles. The quantitative estimate of drug-likeness (QED) is 0.0724. The van der Waals surface area contributed by atoms with Gasteiger partial charge in [0.2, 0.25) is 0 Å². The van der Waals surface area contributed by atoms with E-state index < -0.39 is 0 Å². The van der Waals surface area contributed by atoms with Gasteiger partial charge in [-0.2, -0.15) is 0 Å². The Morgan fingerprint density at radius 2 is 0.829 bits per heavy atom. The van der Waals surface area contributed by atoms with Gasteiger partial charge >= 0.3 is 0 Å². The molecule has 0 bridgehead atoms. The molecule has 0 amide bonds. The van der Waals surface area contributed by atoms with E-state index in [2.05, 4.69) is 26.1 Å². The zero-order valence-corrected chi connectivity index (χ0v) is 29.0. The summed E-state index contributed by atoms with van der Waals surface area (Å²) >= 11 is 0. The molecule has 3 nitrogen and oxygen atoms in total. The second-order valence-electron chi connectivity index (χ2n) is 13.4. The van der Waals surface area contributed by atoms with Crippen molar-refractivity contribution in [1.82, 2.24) is 5.32 Å². The smallest absolute Gasteiger partial charge is 0.0494 e. The minimum absolute atomic E-state index is 0.411. The van der Waals surface area contributed by atoms with Crippen LogP contribution in [0, 0.1) is 5.92 Å². The van der Waals surface area contributed by atoms with E-state index in [4.69, 9.17) is 10.5 Å². The molecule has 0 aliphatic carbocycles. The Hall–Kier alpha value is -0.120. The average Bonchev–Trinajstić information content (AvgIpc) is 2.98. The minimum atomic E-state index is 0.411. The van der Waals surface area contributed by atoms with Gasteiger partial charge in [-0.15, -0.1) is 0 Å². The third kappa shape index (κ3) is 34.2. The molecule has 0 radical (unpaired) electrons. The van der Waals surface area contributed by atoms with Crippen molar-refractivity contribution in [3.63, 3.8) is 0 Å². The van der Waals surface area contributed by atoms with Gasteiger partial charge in [0.25, 0.3) is 0 Å². The molecule has 0 saturated heterocycles. The van der Waals surface area contributed by atoms with Gasteiger partial charge in [-0.1, -0.05) is 181 Å². The van der Waals surface area contributed by atoms with Crippen LogP contribution in [0.3, 0.4) is 0 Å². The highest BCUT2D eigenvalue weighted by Crippen LogP contribution is 2.21. The second-order valence-corrected chi connectivity index (χ2v) is 13.4. The molecule has 41 heavy (non-hydrogen) atoms. The maximum absolute atomic E-state index is 6.17. The monoisotopic (exact) mass is 581 g/mol. The summed E-state index contributed by atoms with van der Waals surface area (Å²) < 4.78 is 6.17. The van der Waals surface area contributed by atoms with Crippen LogP contribution in [0.15, 0.2) is 0 Å². The summed E-state index contributed by atoms with van der Waals surface area (Å²) in [5, 5.41) is 3.47. The van der Waals surface area contributed by atoms with Crippen LogP contribution in [-0.2, 0) is 4.74 Å². The molecule has 248 valence electrons. The number of unbranched alkanes of at least 4 members (excludes halogenated alkanes) is 24. The Morgan fingerprint density at radius 1 is 0.488 bits per heavy atom. The van der Waals surface area contributed by atoms with Crippen molar-refractivity contribution in [2.24, 2.45) is 11.7 Å². The lowest BCUT2D eigenvalue weighted by atomic mass is 9.94. The van der Waals surface area contributed by atoms with Crippen LogP contribution in [0.25, 0.3) is 0 Å². The molecule has 0 aliphatic rings. The van der Waals surface area contributed by atoms with E-state index in [0.717, 1.165) is 32.1 Å². The predicted octanol–water partition coefficient (Wildman–Crippen LogP) is 11.9. The lowest BCUT2D eigenvalue weighted by molar-refractivity contribution is 0.0889. The predicted molar refractivity (Wildman–Crippen MR) is 186 cm³/mol. The number of hydrogen-bond donors (Lipinski definition) is 2. The van der Waals surface area contributed by atoms with Crippen LogP contribution in [0.5, 0.6) is 0 Å². The van der Waals surface area contributed by atoms with Crippen LogP contribution >= 0.6 is 0 Å². The Bertz CT molecular complexity index is 458. The van der Waals surface area contributed by atoms with Crippen LogP contribution in [-0.4, -0.2) is 32.3 Å². The molecule has 0 aromatic heterocycles. The molecule has 0 aromatic carbocycles. The first kappa shape index (κ1) is 40.9. The van der Waals surface area contributed by atoms with E-state index in [-0.39, 0.29) is 0 Å². The summed E-state index contributed by atoms with van der Waals surface area (Å²) in [6, 6.07) is 0.411. The summed E-state index contributed by atoms with van der Waals surface area (Å²) in [6.45, 7) is 10.4. The van der Waals surface area contributed by atoms with Crippen molar-refractivity contribution in [3.05, 3.63) is 0 Å². The largest absolute Gasteiger partial charge is 0.381 e. The van der Waals surface area contributed by atoms with Gasteiger partial charge in [0, 0.05) is 25.8 Å². The Balaban J connectivity index is 3.86. The van der Waals surface area contributed by atoms with Crippen molar-refractivity contribution in [1.29, 1.82) is 0 Å². The number of ether oxygens (including phenoxy) is 1. The lowest BCUT2D eigenvalue weighted by Gasteiger charge is -2.18. The molecule has 0 fully saturated rings. The fourth-order valence-corrected chi connectivity index (χ4v) is 6.07. The fourth-order valence-electron chi connectivity index (χ4n) is 6.07. The van der Waals surface area contributed by atoms with Crippen LogP contribution < -0.4 is 11.1 Å². The minimum Gasteiger partial charge on any atom is -0.381 e. The number of rotatable bonds is 36. The Kier molecular flexibility index (Phi) is 36.0. The first-order valence-corrected chi connectivity index (χ1v) is 19.3. The summed E-state index contributed by atoms with van der Waals surface area (Å²) in [7, 11) is 0. The van der Waals surface area contributed by atoms with Crippen LogP contribution in [0.4, 0.5) is 0 Å². The van der Waals surface area contributed by atoms with Gasteiger partial charge in [-0.05, 0) is 38.6 Å². The van der Waals surface area contributed by atoms with Gasteiger partial charge in [-0.3, -0.25) is 0 Å². The highest BCUT2D eigenvalue weighted by atomic mass is 16.5. The molecule has 3 N–H and O–H groups in total. The van der Waals surface area contributed by atoms with E-state index in [0.29, 0.717) is 12.6 Å². The summed E-state index contributed by atoms with van der Waals surface area (Å²) in [6.07, 6.45) is 41.3. The lowest BCUT2D eigenvalue weighted by Crippen LogP contribution is -2.34. The normalized spacial score (nSPS) is 13.2. The first-order valence-electron chi connectivity index (χ1n) is 19.3.